The van der Waals surface area contributed by atoms with Crippen LogP contribution < -0.4 is 10.1 Å². The summed E-state index contributed by atoms with van der Waals surface area (Å²) in [7, 11) is 1.88. The van der Waals surface area contributed by atoms with Gasteiger partial charge >= 0.3 is 0 Å². The van der Waals surface area contributed by atoms with Crippen LogP contribution in [0.4, 0.5) is 4.39 Å². The Labute approximate surface area is 126 Å². The lowest BCUT2D eigenvalue weighted by Gasteiger charge is -2.28. The van der Waals surface area contributed by atoms with Gasteiger partial charge in [-0.05, 0) is 59.0 Å². The third-order valence-corrected chi connectivity index (χ3v) is 3.07. The molecule has 0 aliphatic heterocycles. The number of carbonyl (C=O) groups is 1. The molecule has 4 nitrogen and oxygen atoms in total. The van der Waals surface area contributed by atoms with Gasteiger partial charge in [0.25, 0.3) is 0 Å². The van der Waals surface area contributed by atoms with Crippen LogP contribution in [0, 0.1) is 5.82 Å². The summed E-state index contributed by atoms with van der Waals surface area (Å²) < 4.78 is 18.3. The molecular weight excluding hydrogens is 271 g/mol. The molecule has 0 aliphatic rings. The number of benzene rings is 1. The summed E-state index contributed by atoms with van der Waals surface area (Å²) in [5, 5.41) is 2.95. The molecule has 1 amide bonds. The van der Waals surface area contributed by atoms with E-state index < -0.39 is 0 Å². The Morgan fingerprint density at radius 1 is 1.33 bits per heavy atom. The third-order valence-electron chi connectivity index (χ3n) is 3.07. The number of rotatable bonds is 6. The Bertz CT molecular complexity index is 454. The lowest BCUT2D eigenvalue weighted by molar-refractivity contribution is -0.126. The minimum Gasteiger partial charge on any atom is -0.492 e. The van der Waals surface area contributed by atoms with Crippen molar-refractivity contribution in [1.29, 1.82) is 0 Å². The first-order chi connectivity index (χ1) is 9.69. The fraction of sp³-hybridized carbons (Fsp3) is 0.562. The molecule has 0 aromatic heterocycles. The first-order valence-electron chi connectivity index (χ1n) is 7.09. The van der Waals surface area contributed by atoms with E-state index in [4.69, 9.17) is 4.74 Å². The van der Waals surface area contributed by atoms with Gasteiger partial charge in [-0.3, -0.25) is 9.69 Å². The molecule has 1 aromatic rings. The van der Waals surface area contributed by atoms with Crippen molar-refractivity contribution < 1.29 is 13.9 Å². The van der Waals surface area contributed by atoms with Gasteiger partial charge in [-0.15, -0.1) is 0 Å². The summed E-state index contributed by atoms with van der Waals surface area (Å²) in [5.74, 6) is 0.329. The van der Waals surface area contributed by atoms with Crippen LogP contribution in [-0.2, 0) is 4.79 Å². The smallest absolute Gasteiger partial charge is 0.237 e. The van der Waals surface area contributed by atoms with E-state index in [2.05, 4.69) is 5.32 Å². The van der Waals surface area contributed by atoms with Gasteiger partial charge in [-0.2, -0.15) is 0 Å². The van der Waals surface area contributed by atoms with E-state index in [0.29, 0.717) is 18.9 Å². The molecule has 1 aromatic carbocycles. The maximum Gasteiger partial charge on any atom is 0.237 e. The summed E-state index contributed by atoms with van der Waals surface area (Å²) in [6.45, 7) is 8.77. The minimum atomic E-state index is -0.285. The van der Waals surface area contributed by atoms with E-state index in [-0.39, 0.29) is 23.3 Å². The van der Waals surface area contributed by atoms with Gasteiger partial charge in [0.2, 0.25) is 5.91 Å². The van der Waals surface area contributed by atoms with Gasteiger partial charge < -0.3 is 10.1 Å². The first-order valence-corrected chi connectivity index (χ1v) is 7.09. The van der Waals surface area contributed by atoms with Gasteiger partial charge in [0, 0.05) is 12.1 Å². The highest BCUT2D eigenvalue weighted by atomic mass is 19.1. The van der Waals surface area contributed by atoms with E-state index in [9.17, 15) is 9.18 Å². The van der Waals surface area contributed by atoms with Crippen LogP contribution in [0.5, 0.6) is 5.75 Å². The predicted octanol–water partition coefficient (Wildman–Crippen LogP) is 2.44. The van der Waals surface area contributed by atoms with Crippen LogP contribution >= 0.6 is 0 Å². The van der Waals surface area contributed by atoms with Crippen molar-refractivity contribution in [3.63, 3.8) is 0 Å². The molecule has 1 atom stereocenters. The predicted molar refractivity (Wildman–Crippen MR) is 81.9 cm³/mol. The number of carbonyl (C=O) groups excluding carboxylic acids is 1. The highest BCUT2D eigenvalue weighted by Crippen LogP contribution is 2.11. The molecule has 5 heteroatoms. The molecule has 0 spiro atoms. The number of hydrogen-bond donors (Lipinski definition) is 1. The molecule has 0 bridgehead atoms. The van der Waals surface area contributed by atoms with E-state index in [0.717, 1.165) is 0 Å². The summed E-state index contributed by atoms with van der Waals surface area (Å²) in [6, 6.07) is 5.66. The molecule has 21 heavy (non-hydrogen) atoms. The second-order valence-corrected chi connectivity index (χ2v) is 6.20. The summed E-state index contributed by atoms with van der Waals surface area (Å²) in [4.78, 5) is 14.0. The maximum atomic E-state index is 12.8. The van der Waals surface area contributed by atoms with Crippen LogP contribution in [0.15, 0.2) is 24.3 Å². The maximum absolute atomic E-state index is 12.8. The van der Waals surface area contributed by atoms with E-state index >= 15 is 0 Å². The van der Waals surface area contributed by atoms with E-state index in [1.165, 1.54) is 12.1 Å². The fourth-order valence-corrected chi connectivity index (χ4v) is 1.71. The minimum absolute atomic E-state index is 0.00761. The molecular formula is C16H25FN2O2. The number of ether oxygens (including phenoxy) is 1. The number of amides is 1. The van der Waals surface area contributed by atoms with Gasteiger partial charge in [0.1, 0.15) is 18.2 Å². The molecule has 0 saturated carbocycles. The largest absolute Gasteiger partial charge is 0.492 e. The molecule has 1 N–H and O–H groups in total. The summed E-state index contributed by atoms with van der Waals surface area (Å²) in [6.07, 6.45) is 0. The monoisotopic (exact) mass is 296 g/mol. The standard InChI is InChI=1S/C16H25FN2O2/c1-12(15(20)18-16(2,3)4)19(5)10-11-21-14-8-6-13(17)7-9-14/h6-9,12H,10-11H2,1-5H3,(H,18,20)/t12-/m0/s1. The highest BCUT2D eigenvalue weighted by Gasteiger charge is 2.22. The summed E-state index contributed by atoms with van der Waals surface area (Å²) in [5.41, 5.74) is -0.239. The molecule has 0 heterocycles. The van der Waals surface area contributed by atoms with Gasteiger partial charge in [0.15, 0.2) is 0 Å². The molecule has 0 saturated heterocycles. The van der Waals surface area contributed by atoms with E-state index in [1.54, 1.807) is 12.1 Å². The molecule has 1 rings (SSSR count). The van der Waals surface area contributed by atoms with Crippen molar-refractivity contribution >= 4 is 5.91 Å². The topological polar surface area (TPSA) is 41.6 Å². The number of nitrogens with one attached hydrogen (secondary N) is 1. The Hall–Kier alpha value is -1.62. The number of likely N-dealkylation sites (N-methyl/N-ethyl adjacent to an activating group) is 1. The molecule has 0 aliphatic carbocycles. The molecule has 0 fully saturated rings. The molecule has 118 valence electrons. The van der Waals surface area contributed by atoms with Gasteiger partial charge in [-0.25, -0.2) is 4.39 Å². The first kappa shape index (κ1) is 17.4. The molecule has 0 radical (unpaired) electrons. The lowest BCUT2D eigenvalue weighted by Crippen LogP contribution is -2.50. The second-order valence-electron chi connectivity index (χ2n) is 6.20. The fourth-order valence-electron chi connectivity index (χ4n) is 1.71. The Kier molecular flexibility index (Phi) is 6.15. The van der Waals surface area contributed by atoms with Crippen molar-refractivity contribution in [2.24, 2.45) is 0 Å². The quantitative estimate of drug-likeness (QED) is 0.876. The number of hydrogen-bond acceptors (Lipinski definition) is 3. The lowest BCUT2D eigenvalue weighted by atomic mass is 10.1. The van der Waals surface area contributed by atoms with Gasteiger partial charge in [-0.1, -0.05) is 0 Å². The zero-order valence-corrected chi connectivity index (χ0v) is 13.4. The van der Waals surface area contributed by atoms with Gasteiger partial charge in [0.05, 0.1) is 6.04 Å². The Morgan fingerprint density at radius 3 is 2.43 bits per heavy atom. The Balaban J connectivity index is 2.37. The average Bonchev–Trinajstić information content (AvgIpc) is 2.38. The summed E-state index contributed by atoms with van der Waals surface area (Å²) >= 11 is 0. The van der Waals surface area contributed by atoms with Crippen LogP contribution in [-0.4, -0.2) is 42.6 Å². The average molecular weight is 296 g/mol. The normalized spacial score (nSPS) is 13.1. The second kappa shape index (κ2) is 7.41. The van der Waals surface area contributed by atoms with Crippen molar-refractivity contribution in [1.82, 2.24) is 10.2 Å². The number of halogens is 1. The van der Waals surface area contributed by atoms with Crippen molar-refractivity contribution in [3.8, 4) is 5.75 Å². The highest BCUT2D eigenvalue weighted by molar-refractivity contribution is 5.81. The van der Waals surface area contributed by atoms with Crippen molar-refractivity contribution in [3.05, 3.63) is 30.1 Å². The van der Waals surface area contributed by atoms with Crippen molar-refractivity contribution in [2.75, 3.05) is 20.2 Å². The number of nitrogens with zero attached hydrogens (tertiary/aromatic N) is 1. The van der Waals surface area contributed by atoms with Crippen LogP contribution in [0.25, 0.3) is 0 Å². The Morgan fingerprint density at radius 2 is 1.90 bits per heavy atom. The van der Waals surface area contributed by atoms with Crippen molar-refractivity contribution in [2.45, 2.75) is 39.3 Å². The third kappa shape index (κ3) is 6.58. The van der Waals surface area contributed by atoms with Crippen LogP contribution in [0.1, 0.15) is 27.7 Å². The van der Waals surface area contributed by atoms with E-state index in [1.807, 2.05) is 39.6 Å². The molecule has 0 unspecified atom stereocenters. The van der Waals surface area contributed by atoms with Crippen LogP contribution in [0.2, 0.25) is 0 Å². The zero-order chi connectivity index (χ0) is 16.0. The SMILES string of the molecule is C[C@@H](C(=O)NC(C)(C)C)N(C)CCOc1ccc(F)cc1. The zero-order valence-electron chi connectivity index (χ0n) is 13.4. The van der Waals surface area contributed by atoms with Crippen LogP contribution in [0.3, 0.4) is 0 Å².